The Labute approximate surface area is 66.4 Å². The van der Waals surface area contributed by atoms with Gasteiger partial charge in [0.2, 0.25) is 0 Å². The summed E-state index contributed by atoms with van der Waals surface area (Å²) in [6, 6.07) is 2.54. The van der Waals surface area contributed by atoms with Crippen LogP contribution in [0, 0.1) is 10.7 Å². The minimum atomic E-state index is -0.637. The van der Waals surface area contributed by atoms with Gasteiger partial charge in [0.15, 0.2) is 5.82 Å². The highest BCUT2D eigenvalue weighted by Gasteiger charge is 2.05. The number of nitroso groups, excluding NO2 is 1. The van der Waals surface area contributed by atoms with Crippen LogP contribution in [0.2, 0.25) is 0 Å². The maximum absolute atomic E-state index is 12.9. The van der Waals surface area contributed by atoms with Crippen molar-refractivity contribution in [2.45, 2.75) is 0 Å². The number of aromatic nitrogens is 2. The Hall–Kier alpha value is -1.78. The third kappa shape index (κ3) is 0.868. The summed E-state index contributed by atoms with van der Waals surface area (Å²) in [4.78, 5) is 10.1. The van der Waals surface area contributed by atoms with Crippen molar-refractivity contribution in [2.24, 2.45) is 5.18 Å². The van der Waals surface area contributed by atoms with E-state index in [-0.39, 0.29) is 5.69 Å². The number of aromatic amines is 1. The van der Waals surface area contributed by atoms with Gasteiger partial charge in [-0.2, -0.15) is 5.10 Å². The van der Waals surface area contributed by atoms with E-state index in [1.807, 2.05) is 0 Å². The van der Waals surface area contributed by atoms with E-state index >= 15 is 0 Å². The molecule has 5 heteroatoms. The molecule has 0 unspecified atom stereocenters. The third-order valence-electron chi connectivity index (χ3n) is 1.61. The van der Waals surface area contributed by atoms with Gasteiger partial charge in [0.05, 0.1) is 11.7 Å². The SMILES string of the molecule is O=Nc1cc2cn[nH]c2cc1F. The highest BCUT2D eigenvalue weighted by molar-refractivity contribution is 5.81. The van der Waals surface area contributed by atoms with Crippen LogP contribution in [0.3, 0.4) is 0 Å². The van der Waals surface area contributed by atoms with Crippen LogP contribution in [0.15, 0.2) is 23.5 Å². The molecule has 0 bridgehead atoms. The second-order valence-corrected chi connectivity index (χ2v) is 2.35. The maximum Gasteiger partial charge on any atom is 0.154 e. The van der Waals surface area contributed by atoms with Crippen LogP contribution in [0.1, 0.15) is 0 Å². The zero-order chi connectivity index (χ0) is 8.55. The number of H-pyrrole nitrogens is 1. The molecule has 0 saturated carbocycles. The molecule has 0 aliphatic rings. The number of nitrogens with zero attached hydrogens (tertiary/aromatic N) is 2. The number of benzene rings is 1. The topological polar surface area (TPSA) is 58.1 Å². The van der Waals surface area contributed by atoms with E-state index in [0.717, 1.165) is 0 Å². The second kappa shape index (κ2) is 2.37. The number of hydrogen-bond acceptors (Lipinski definition) is 3. The van der Waals surface area contributed by atoms with Gasteiger partial charge in [-0.1, -0.05) is 0 Å². The third-order valence-corrected chi connectivity index (χ3v) is 1.61. The molecule has 2 aromatic rings. The molecule has 0 spiro atoms. The van der Waals surface area contributed by atoms with Crippen LogP contribution in [-0.2, 0) is 0 Å². The van der Waals surface area contributed by atoms with Gasteiger partial charge in [0.25, 0.3) is 0 Å². The van der Waals surface area contributed by atoms with Crippen molar-refractivity contribution in [3.63, 3.8) is 0 Å². The summed E-state index contributed by atoms with van der Waals surface area (Å²) < 4.78 is 12.9. The zero-order valence-electron chi connectivity index (χ0n) is 5.91. The minimum absolute atomic E-state index is 0.191. The van der Waals surface area contributed by atoms with Crippen molar-refractivity contribution in [1.82, 2.24) is 10.2 Å². The Morgan fingerprint density at radius 1 is 1.50 bits per heavy atom. The fourth-order valence-electron chi connectivity index (χ4n) is 1.02. The summed E-state index contributed by atoms with van der Waals surface area (Å²) in [6.07, 6.45) is 1.50. The number of rotatable bonds is 1. The summed E-state index contributed by atoms with van der Waals surface area (Å²) in [5.41, 5.74) is 0.365. The second-order valence-electron chi connectivity index (χ2n) is 2.35. The quantitative estimate of drug-likeness (QED) is 0.657. The summed E-state index contributed by atoms with van der Waals surface area (Å²) in [7, 11) is 0. The first kappa shape index (κ1) is 6.90. The van der Waals surface area contributed by atoms with E-state index < -0.39 is 5.82 Å². The van der Waals surface area contributed by atoms with Crippen molar-refractivity contribution >= 4 is 16.6 Å². The predicted octanol–water partition coefficient (Wildman–Crippen LogP) is 2.10. The summed E-state index contributed by atoms with van der Waals surface area (Å²) in [6.45, 7) is 0. The molecule has 4 nitrogen and oxygen atoms in total. The van der Waals surface area contributed by atoms with E-state index in [0.29, 0.717) is 10.9 Å². The molecule has 0 amide bonds. The van der Waals surface area contributed by atoms with E-state index in [9.17, 15) is 9.30 Å². The molecule has 1 heterocycles. The van der Waals surface area contributed by atoms with Crippen molar-refractivity contribution < 1.29 is 4.39 Å². The summed E-state index contributed by atoms with van der Waals surface area (Å²) in [5.74, 6) is -0.637. The normalized spacial score (nSPS) is 10.4. The molecule has 0 radical (unpaired) electrons. The van der Waals surface area contributed by atoms with Crippen molar-refractivity contribution in [1.29, 1.82) is 0 Å². The largest absolute Gasteiger partial charge is 0.278 e. The molecule has 1 aromatic carbocycles. The molecule has 1 N–H and O–H groups in total. The van der Waals surface area contributed by atoms with Crippen LogP contribution in [0.25, 0.3) is 10.9 Å². The fourth-order valence-corrected chi connectivity index (χ4v) is 1.02. The average molecular weight is 165 g/mol. The Balaban J connectivity index is 2.81. The van der Waals surface area contributed by atoms with Crippen LogP contribution in [0.4, 0.5) is 10.1 Å². The fraction of sp³-hybridized carbons (Fsp3) is 0. The molecule has 0 fully saturated rings. The number of nitrogens with one attached hydrogen (secondary N) is 1. The van der Waals surface area contributed by atoms with Crippen LogP contribution < -0.4 is 0 Å². The zero-order valence-corrected chi connectivity index (χ0v) is 5.91. The van der Waals surface area contributed by atoms with Gasteiger partial charge < -0.3 is 0 Å². The van der Waals surface area contributed by atoms with Crippen LogP contribution >= 0.6 is 0 Å². The Morgan fingerprint density at radius 2 is 2.33 bits per heavy atom. The molecule has 12 heavy (non-hydrogen) atoms. The number of halogens is 1. The van der Waals surface area contributed by atoms with E-state index in [1.165, 1.54) is 18.3 Å². The molecular formula is C7H4FN3O. The van der Waals surface area contributed by atoms with Crippen molar-refractivity contribution in [3.8, 4) is 0 Å². The predicted molar refractivity (Wildman–Crippen MR) is 41.5 cm³/mol. The first-order chi connectivity index (χ1) is 5.81. The number of fused-ring (bicyclic) bond motifs is 1. The first-order valence-corrected chi connectivity index (χ1v) is 3.27. The Kier molecular flexibility index (Phi) is 1.36. The van der Waals surface area contributed by atoms with Gasteiger partial charge in [0, 0.05) is 11.5 Å². The summed E-state index contributed by atoms with van der Waals surface area (Å²) >= 11 is 0. The highest BCUT2D eigenvalue weighted by Crippen LogP contribution is 2.22. The lowest BCUT2D eigenvalue weighted by molar-refractivity contribution is 0.631. The molecular weight excluding hydrogens is 161 g/mol. The van der Waals surface area contributed by atoms with Gasteiger partial charge in [-0.25, -0.2) is 4.39 Å². The van der Waals surface area contributed by atoms with Gasteiger partial charge in [-0.15, -0.1) is 4.91 Å². The summed E-state index contributed by atoms with van der Waals surface area (Å²) in [5, 5.41) is 9.47. The lowest BCUT2D eigenvalue weighted by Crippen LogP contribution is -1.75. The molecule has 2 rings (SSSR count). The average Bonchev–Trinajstić information content (AvgIpc) is 2.49. The van der Waals surface area contributed by atoms with Crippen molar-refractivity contribution in [3.05, 3.63) is 29.1 Å². The Morgan fingerprint density at radius 3 is 3.08 bits per heavy atom. The molecule has 0 atom stereocenters. The van der Waals surface area contributed by atoms with E-state index in [1.54, 1.807) is 0 Å². The van der Waals surface area contributed by atoms with Crippen LogP contribution in [-0.4, -0.2) is 10.2 Å². The van der Waals surface area contributed by atoms with Gasteiger partial charge in [0.1, 0.15) is 5.69 Å². The lowest BCUT2D eigenvalue weighted by Gasteiger charge is -1.91. The standard InChI is InChI=1S/C7H4FN3O/c8-5-2-6-4(3-9-10-6)1-7(5)11-12/h1-3H,(H,9,10). The molecule has 1 aromatic heterocycles. The van der Waals surface area contributed by atoms with Crippen molar-refractivity contribution in [2.75, 3.05) is 0 Å². The smallest absolute Gasteiger partial charge is 0.154 e. The molecule has 0 saturated heterocycles. The highest BCUT2D eigenvalue weighted by atomic mass is 19.1. The van der Waals surface area contributed by atoms with E-state index in [2.05, 4.69) is 15.4 Å². The number of hydrogen-bond donors (Lipinski definition) is 1. The first-order valence-electron chi connectivity index (χ1n) is 3.27. The van der Waals surface area contributed by atoms with Gasteiger partial charge in [-0.3, -0.25) is 5.10 Å². The van der Waals surface area contributed by atoms with E-state index in [4.69, 9.17) is 0 Å². The molecule has 0 aliphatic heterocycles. The lowest BCUT2D eigenvalue weighted by atomic mass is 10.2. The van der Waals surface area contributed by atoms with Crippen LogP contribution in [0.5, 0.6) is 0 Å². The van der Waals surface area contributed by atoms with Gasteiger partial charge in [-0.05, 0) is 11.2 Å². The molecule has 60 valence electrons. The maximum atomic E-state index is 12.9. The Bertz CT molecular complexity index is 437. The van der Waals surface area contributed by atoms with Gasteiger partial charge >= 0.3 is 0 Å². The molecule has 0 aliphatic carbocycles. The monoisotopic (exact) mass is 165 g/mol. The minimum Gasteiger partial charge on any atom is -0.278 e.